The van der Waals surface area contributed by atoms with Crippen molar-refractivity contribution in [3.05, 3.63) is 30.3 Å². The van der Waals surface area contributed by atoms with Crippen LogP contribution in [0.2, 0.25) is 0 Å². The Labute approximate surface area is 102 Å². The molecule has 0 radical (unpaired) electrons. The predicted molar refractivity (Wildman–Crippen MR) is 67.9 cm³/mol. The molecule has 2 aliphatic rings. The molecular weight excluding hydrogens is 216 g/mol. The van der Waals surface area contributed by atoms with Crippen LogP contribution in [0.5, 0.6) is 0 Å². The minimum absolute atomic E-state index is 0.388. The Morgan fingerprint density at radius 1 is 1.12 bits per heavy atom. The normalized spacial score (nSPS) is 27.6. The third kappa shape index (κ3) is 1.89. The smallest absolute Gasteiger partial charge is 0.0747 e. The maximum absolute atomic E-state index is 5.77. The van der Waals surface area contributed by atoms with Crippen molar-refractivity contribution in [2.45, 2.75) is 47.9 Å². The lowest BCUT2D eigenvalue weighted by atomic mass is 9.94. The van der Waals surface area contributed by atoms with Gasteiger partial charge >= 0.3 is 0 Å². The van der Waals surface area contributed by atoms with Gasteiger partial charge < -0.3 is 4.74 Å². The van der Waals surface area contributed by atoms with E-state index in [0.29, 0.717) is 10.9 Å². The Morgan fingerprint density at radius 3 is 2.38 bits per heavy atom. The van der Waals surface area contributed by atoms with E-state index in [-0.39, 0.29) is 0 Å². The van der Waals surface area contributed by atoms with Crippen LogP contribution >= 0.6 is 11.8 Å². The molecule has 1 nitrogen and oxygen atoms in total. The first-order chi connectivity index (χ1) is 7.89. The van der Waals surface area contributed by atoms with Gasteiger partial charge in [-0.25, -0.2) is 0 Å². The molecule has 3 rings (SSSR count). The van der Waals surface area contributed by atoms with Crippen LogP contribution in [0, 0.1) is 0 Å². The van der Waals surface area contributed by atoms with E-state index >= 15 is 0 Å². The van der Waals surface area contributed by atoms with E-state index in [1.807, 2.05) is 0 Å². The van der Waals surface area contributed by atoms with Gasteiger partial charge in [-0.1, -0.05) is 31.0 Å². The summed E-state index contributed by atoms with van der Waals surface area (Å²) in [5.41, 5.74) is 0. The van der Waals surface area contributed by atoms with Crippen molar-refractivity contribution < 1.29 is 4.74 Å². The van der Waals surface area contributed by atoms with Crippen LogP contribution in [0.3, 0.4) is 0 Å². The average Bonchev–Trinajstić information content (AvgIpc) is 2.66. The summed E-state index contributed by atoms with van der Waals surface area (Å²) < 4.78 is 6.16. The second-order valence-corrected chi connectivity index (χ2v) is 6.32. The van der Waals surface area contributed by atoms with Gasteiger partial charge in [0.15, 0.2) is 0 Å². The minimum atomic E-state index is 0.388. The number of benzene rings is 1. The van der Waals surface area contributed by atoms with Crippen LogP contribution in [0.25, 0.3) is 0 Å². The summed E-state index contributed by atoms with van der Waals surface area (Å²) in [7, 11) is 0. The zero-order valence-electron chi connectivity index (χ0n) is 9.52. The Bertz CT molecular complexity index is 339. The van der Waals surface area contributed by atoms with Gasteiger partial charge in [0.1, 0.15) is 0 Å². The van der Waals surface area contributed by atoms with Crippen molar-refractivity contribution in [1.82, 2.24) is 0 Å². The lowest BCUT2D eigenvalue weighted by Crippen LogP contribution is -2.45. The molecule has 0 N–H and O–H groups in total. The summed E-state index contributed by atoms with van der Waals surface area (Å²) in [5.74, 6) is 0. The lowest BCUT2D eigenvalue weighted by Gasteiger charge is -2.42. The highest BCUT2D eigenvalue weighted by molar-refractivity contribution is 8.00. The van der Waals surface area contributed by atoms with Crippen LogP contribution in [0.4, 0.5) is 0 Å². The molecule has 1 heterocycles. The van der Waals surface area contributed by atoms with E-state index in [1.165, 1.54) is 37.0 Å². The summed E-state index contributed by atoms with van der Waals surface area (Å²) in [5, 5.41) is 0. The highest BCUT2D eigenvalue weighted by atomic mass is 32.2. The first kappa shape index (κ1) is 10.7. The SMILES string of the molecule is c1ccc(SC2(C3CCO3)CCCC2)cc1. The summed E-state index contributed by atoms with van der Waals surface area (Å²) in [6.45, 7) is 0.974. The van der Waals surface area contributed by atoms with Gasteiger partial charge in [0.2, 0.25) is 0 Å². The van der Waals surface area contributed by atoms with Crippen LogP contribution in [-0.2, 0) is 4.74 Å². The number of hydrogen-bond donors (Lipinski definition) is 0. The fourth-order valence-electron chi connectivity index (χ4n) is 2.84. The number of thioether (sulfide) groups is 1. The van der Waals surface area contributed by atoms with Gasteiger partial charge in [-0.2, -0.15) is 0 Å². The van der Waals surface area contributed by atoms with Crippen LogP contribution in [0.1, 0.15) is 32.1 Å². The maximum atomic E-state index is 5.77. The summed E-state index contributed by atoms with van der Waals surface area (Å²) >= 11 is 2.06. The molecule has 1 aromatic carbocycles. The fourth-order valence-corrected chi connectivity index (χ4v) is 4.41. The van der Waals surface area contributed by atoms with Crippen LogP contribution in [0.15, 0.2) is 35.2 Å². The van der Waals surface area contributed by atoms with E-state index < -0.39 is 0 Å². The monoisotopic (exact) mass is 234 g/mol. The highest BCUT2D eigenvalue weighted by Gasteiger charge is 2.45. The maximum Gasteiger partial charge on any atom is 0.0747 e. The Balaban J connectivity index is 1.78. The molecule has 1 aliphatic carbocycles. The Morgan fingerprint density at radius 2 is 1.81 bits per heavy atom. The molecule has 0 amide bonds. The van der Waals surface area contributed by atoms with Gasteiger partial charge in [-0.05, 0) is 31.4 Å². The van der Waals surface area contributed by atoms with E-state index in [1.54, 1.807) is 0 Å². The molecule has 1 saturated carbocycles. The standard InChI is InChI=1S/C14H18OS/c1-2-6-12(7-3-1)16-14(9-4-5-10-14)13-8-11-15-13/h1-3,6-7,13H,4-5,8-11H2. The van der Waals surface area contributed by atoms with Crippen LogP contribution in [-0.4, -0.2) is 17.5 Å². The second-order valence-electron chi connectivity index (χ2n) is 4.84. The molecule has 1 aliphatic heterocycles. The first-order valence-electron chi connectivity index (χ1n) is 6.25. The lowest BCUT2D eigenvalue weighted by molar-refractivity contribution is -0.0720. The number of rotatable bonds is 3. The fraction of sp³-hybridized carbons (Fsp3) is 0.571. The zero-order chi connectivity index (χ0) is 10.8. The molecule has 1 atom stereocenters. The van der Waals surface area contributed by atoms with Crippen molar-refractivity contribution in [3.8, 4) is 0 Å². The third-order valence-electron chi connectivity index (χ3n) is 3.80. The molecule has 0 aromatic heterocycles. The third-order valence-corrected chi connectivity index (χ3v) is 5.39. The quantitative estimate of drug-likeness (QED) is 0.785. The predicted octanol–water partition coefficient (Wildman–Crippen LogP) is 3.88. The van der Waals surface area contributed by atoms with Gasteiger partial charge in [0, 0.05) is 16.2 Å². The summed E-state index contributed by atoms with van der Waals surface area (Å²) in [6.07, 6.45) is 7.19. The highest BCUT2D eigenvalue weighted by Crippen LogP contribution is 2.50. The van der Waals surface area contributed by atoms with Crippen molar-refractivity contribution >= 4 is 11.8 Å². The van der Waals surface area contributed by atoms with Gasteiger partial charge in [0.25, 0.3) is 0 Å². The average molecular weight is 234 g/mol. The molecule has 16 heavy (non-hydrogen) atoms. The molecule has 2 heteroatoms. The molecular formula is C14H18OS. The largest absolute Gasteiger partial charge is 0.377 e. The summed E-state index contributed by atoms with van der Waals surface area (Å²) in [4.78, 5) is 1.40. The second kappa shape index (κ2) is 4.42. The van der Waals surface area contributed by atoms with E-state index in [4.69, 9.17) is 4.74 Å². The van der Waals surface area contributed by atoms with Gasteiger partial charge in [-0.15, -0.1) is 11.8 Å². The number of hydrogen-bond acceptors (Lipinski definition) is 2. The number of ether oxygens (including phenoxy) is 1. The van der Waals surface area contributed by atoms with Crippen molar-refractivity contribution in [3.63, 3.8) is 0 Å². The Hall–Kier alpha value is -0.470. The van der Waals surface area contributed by atoms with Gasteiger partial charge in [0.05, 0.1) is 6.10 Å². The van der Waals surface area contributed by atoms with Crippen molar-refractivity contribution in [2.75, 3.05) is 6.61 Å². The Kier molecular flexibility index (Phi) is 2.95. The molecule has 0 spiro atoms. The molecule has 1 aromatic rings. The molecule has 1 saturated heterocycles. The molecule has 86 valence electrons. The van der Waals surface area contributed by atoms with Crippen LogP contribution < -0.4 is 0 Å². The molecule has 0 bridgehead atoms. The van der Waals surface area contributed by atoms with Crippen molar-refractivity contribution in [1.29, 1.82) is 0 Å². The zero-order valence-corrected chi connectivity index (χ0v) is 10.3. The molecule has 1 unspecified atom stereocenters. The topological polar surface area (TPSA) is 9.23 Å². The van der Waals surface area contributed by atoms with E-state index in [9.17, 15) is 0 Å². The van der Waals surface area contributed by atoms with Crippen molar-refractivity contribution in [2.24, 2.45) is 0 Å². The first-order valence-corrected chi connectivity index (χ1v) is 7.06. The molecule has 2 fully saturated rings. The summed E-state index contributed by atoms with van der Waals surface area (Å²) in [6, 6.07) is 10.8. The van der Waals surface area contributed by atoms with Gasteiger partial charge in [-0.3, -0.25) is 0 Å². The van der Waals surface area contributed by atoms with E-state index in [0.717, 1.165) is 6.61 Å². The van der Waals surface area contributed by atoms with E-state index in [2.05, 4.69) is 42.1 Å². The minimum Gasteiger partial charge on any atom is -0.377 e.